The summed E-state index contributed by atoms with van der Waals surface area (Å²) in [6, 6.07) is 48.8. The molecule has 0 aliphatic heterocycles. The van der Waals surface area contributed by atoms with Gasteiger partial charge in [0, 0.05) is 43.8 Å². The first-order valence-corrected chi connectivity index (χ1v) is 15.8. The van der Waals surface area contributed by atoms with Gasteiger partial charge in [0.2, 0.25) is 5.89 Å². The maximum absolute atomic E-state index is 6.43. The van der Waals surface area contributed by atoms with E-state index in [1.54, 1.807) is 0 Å². The lowest BCUT2D eigenvalue weighted by Crippen LogP contribution is -2.00. The van der Waals surface area contributed by atoms with E-state index in [0.717, 1.165) is 76.8 Å². The Kier molecular flexibility index (Phi) is 5.77. The maximum Gasteiger partial charge on any atom is 0.227 e. The summed E-state index contributed by atoms with van der Waals surface area (Å²) in [7, 11) is 0. The number of nitrogens with zero attached hydrogens (tertiary/aromatic N) is 4. The second kappa shape index (κ2) is 10.4. The van der Waals surface area contributed by atoms with Crippen molar-refractivity contribution >= 4 is 54.6 Å². The van der Waals surface area contributed by atoms with Gasteiger partial charge in [0.05, 0.1) is 0 Å². The lowest BCUT2D eigenvalue weighted by atomic mass is 9.98. The first kappa shape index (κ1) is 26.5. The third-order valence-electron chi connectivity index (χ3n) is 8.95. The van der Waals surface area contributed by atoms with Crippen LogP contribution < -0.4 is 0 Å². The molecule has 3 heterocycles. The van der Waals surface area contributed by atoms with E-state index in [0.29, 0.717) is 23.4 Å². The van der Waals surface area contributed by atoms with Gasteiger partial charge in [-0.1, -0.05) is 115 Å². The smallest absolute Gasteiger partial charge is 0.227 e. The fourth-order valence-electron chi connectivity index (χ4n) is 6.72. The molecule has 3 aromatic heterocycles. The fourth-order valence-corrected chi connectivity index (χ4v) is 6.72. The van der Waals surface area contributed by atoms with Crippen molar-refractivity contribution in [1.29, 1.82) is 0 Å². The Bertz CT molecular complexity index is 2840. The van der Waals surface area contributed by atoms with Crippen LogP contribution in [-0.2, 0) is 0 Å². The van der Waals surface area contributed by atoms with E-state index >= 15 is 0 Å². The van der Waals surface area contributed by atoms with E-state index in [2.05, 4.69) is 48.5 Å². The molecule has 0 amide bonds. The van der Waals surface area contributed by atoms with Crippen molar-refractivity contribution in [2.45, 2.75) is 0 Å². The summed E-state index contributed by atoms with van der Waals surface area (Å²) < 4.78 is 12.6. The molecule has 10 rings (SSSR count). The van der Waals surface area contributed by atoms with Crippen LogP contribution >= 0.6 is 0 Å². The highest BCUT2D eigenvalue weighted by Crippen LogP contribution is 2.40. The second-order valence-corrected chi connectivity index (χ2v) is 11.8. The summed E-state index contributed by atoms with van der Waals surface area (Å²) in [4.78, 5) is 20.2. The van der Waals surface area contributed by atoms with Crippen LogP contribution in [0.15, 0.2) is 154 Å². The molecule has 10 aromatic rings. The molecule has 0 aliphatic rings. The minimum absolute atomic E-state index is 0.583. The normalized spacial score (nSPS) is 11.8. The molecule has 0 radical (unpaired) electrons. The van der Waals surface area contributed by atoms with Gasteiger partial charge >= 0.3 is 0 Å². The quantitative estimate of drug-likeness (QED) is 0.183. The number of rotatable bonds is 4. The molecule has 0 aliphatic carbocycles. The molecule has 0 saturated heterocycles. The molecule has 224 valence electrons. The lowest BCUT2D eigenvalue weighted by molar-refractivity contribution is 0.623. The van der Waals surface area contributed by atoms with Crippen LogP contribution in [0.3, 0.4) is 0 Å². The van der Waals surface area contributed by atoms with Crippen LogP contribution in [0.5, 0.6) is 0 Å². The van der Waals surface area contributed by atoms with Gasteiger partial charge in [0.1, 0.15) is 16.7 Å². The minimum Gasteiger partial charge on any atom is -0.456 e. The van der Waals surface area contributed by atoms with E-state index < -0.39 is 0 Å². The van der Waals surface area contributed by atoms with Crippen molar-refractivity contribution in [3.63, 3.8) is 0 Å². The number of fused-ring (bicyclic) bond motifs is 9. The van der Waals surface area contributed by atoms with Crippen LogP contribution in [-0.4, -0.2) is 19.9 Å². The molecular weight excluding hydrogens is 592 g/mol. The highest BCUT2D eigenvalue weighted by atomic mass is 16.3. The van der Waals surface area contributed by atoms with Crippen molar-refractivity contribution in [3.05, 3.63) is 146 Å². The summed E-state index contributed by atoms with van der Waals surface area (Å²) in [5.41, 5.74) is 6.85. The number of benzene rings is 7. The van der Waals surface area contributed by atoms with Gasteiger partial charge < -0.3 is 8.83 Å². The van der Waals surface area contributed by atoms with E-state index in [1.165, 1.54) is 0 Å². The zero-order chi connectivity index (χ0) is 31.6. The van der Waals surface area contributed by atoms with E-state index in [1.807, 2.05) is 97.1 Å². The minimum atomic E-state index is 0.583. The Balaban J connectivity index is 1.22. The first-order valence-electron chi connectivity index (χ1n) is 15.8. The van der Waals surface area contributed by atoms with Crippen LogP contribution in [0.4, 0.5) is 0 Å². The zero-order valence-corrected chi connectivity index (χ0v) is 25.5. The van der Waals surface area contributed by atoms with Gasteiger partial charge in [0.25, 0.3) is 0 Å². The Morgan fingerprint density at radius 2 is 1.02 bits per heavy atom. The monoisotopic (exact) mass is 616 g/mol. The van der Waals surface area contributed by atoms with Crippen LogP contribution in [0.2, 0.25) is 0 Å². The lowest BCUT2D eigenvalue weighted by Gasteiger charge is -2.11. The Labute approximate surface area is 274 Å². The van der Waals surface area contributed by atoms with Crippen LogP contribution in [0.1, 0.15) is 0 Å². The number of hydrogen-bond donors (Lipinski definition) is 0. The van der Waals surface area contributed by atoms with Gasteiger partial charge in [0.15, 0.2) is 23.1 Å². The molecule has 0 unspecified atom stereocenters. The summed E-state index contributed by atoms with van der Waals surface area (Å²) in [5, 5.41) is 6.14. The molecule has 0 N–H and O–H groups in total. The van der Waals surface area contributed by atoms with Gasteiger partial charge in [-0.3, -0.25) is 0 Å². The van der Waals surface area contributed by atoms with Gasteiger partial charge in [-0.05, 0) is 41.1 Å². The van der Waals surface area contributed by atoms with Gasteiger partial charge in [-0.15, -0.1) is 0 Å². The molecule has 0 atom stereocenters. The first-order chi connectivity index (χ1) is 23.8. The van der Waals surface area contributed by atoms with Crippen molar-refractivity contribution in [2.75, 3.05) is 0 Å². The molecule has 0 spiro atoms. The SMILES string of the molecule is c1ccc(-c2nc(-c3ccc4c(c3)c3ccccc3c3oc(-c5ccccc5)nc43)nc(-c3cccc4oc5ccccc5c34)n2)cc1. The summed E-state index contributed by atoms with van der Waals surface area (Å²) in [6.07, 6.45) is 0. The van der Waals surface area contributed by atoms with E-state index in [-0.39, 0.29) is 0 Å². The molecular formula is C42H24N4O2. The fraction of sp³-hybridized carbons (Fsp3) is 0. The topological polar surface area (TPSA) is 77.8 Å². The third kappa shape index (κ3) is 4.13. The van der Waals surface area contributed by atoms with E-state index in [9.17, 15) is 0 Å². The molecule has 0 saturated carbocycles. The second-order valence-electron chi connectivity index (χ2n) is 11.8. The predicted octanol–water partition coefficient (Wildman–Crippen LogP) is 10.9. The average Bonchev–Trinajstić information content (AvgIpc) is 3.78. The summed E-state index contributed by atoms with van der Waals surface area (Å²) in [5.74, 6) is 2.37. The number of oxazole rings is 1. The number of para-hydroxylation sites is 1. The molecule has 0 bridgehead atoms. The largest absolute Gasteiger partial charge is 0.456 e. The highest BCUT2D eigenvalue weighted by Gasteiger charge is 2.20. The Morgan fingerprint density at radius 1 is 0.375 bits per heavy atom. The Morgan fingerprint density at radius 3 is 1.83 bits per heavy atom. The van der Waals surface area contributed by atoms with Crippen molar-refractivity contribution in [2.24, 2.45) is 0 Å². The number of hydrogen-bond acceptors (Lipinski definition) is 6. The zero-order valence-electron chi connectivity index (χ0n) is 25.5. The molecule has 6 nitrogen and oxygen atoms in total. The number of furan rings is 1. The Hall–Kier alpha value is -6.66. The number of aromatic nitrogens is 4. The average molecular weight is 617 g/mol. The summed E-state index contributed by atoms with van der Waals surface area (Å²) in [6.45, 7) is 0. The standard InChI is InChI=1S/C42H24N4O2/c1-3-12-25(13-4-1)39-44-40(46-41(45-39)32-19-11-21-35-36(32)31-18-9-10-20-34(31)47-35)27-22-23-29-33(24-27)28-16-7-8-17-30(28)38-37(29)43-42(48-38)26-14-5-2-6-15-26/h1-24H. The predicted molar refractivity (Wildman–Crippen MR) is 191 cm³/mol. The van der Waals surface area contributed by atoms with Gasteiger partial charge in [-0.2, -0.15) is 0 Å². The molecule has 6 heteroatoms. The molecule has 48 heavy (non-hydrogen) atoms. The van der Waals surface area contributed by atoms with Crippen LogP contribution in [0, 0.1) is 0 Å². The van der Waals surface area contributed by atoms with Crippen molar-refractivity contribution in [3.8, 4) is 45.6 Å². The van der Waals surface area contributed by atoms with Crippen molar-refractivity contribution in [1.82, 2.24) is 19.9 Å². The van der Waals surface area contributed by atoms with E-state index in [4.69, 9.17) is 28.8 Å². The van der Waals surface area contributed by atoms with Crippen LogP contribution in [0.25, 0.3) is 100 Å². The maximum atomic E-state index is 6.43. The highest BCUT2D eigenvalue weighted by molar-refractivity contribution is 6.23. The molecule has 0 fully saturated rings. The molecule has 7 aromatic carbocycles. The summed E-state index contributed by atoms with van der Waals surface area (Å²) >= 11 is 0. The van der Waals surface area contributed by atoms with Crippen molar-refractivity contribution < 1.29 is 8.83 Å². The third-order valence-corrected chi connectivity index (χ3v) is 8.95. The van der Waals surface area contributed by atoms with Gasteiger partial charge in [-0.25, -0.2) is 19.9 Å².